The lowest BCUT2D eigenvalue weighted by Crippen LogP contribution is -1.98. The molecule has 0 radical (unpaired) electrons. The molecule has 3 rings (SSSR count). The SMILES string of the molecule is Cc1c(Br)cccc1C(Cl)c1cccc2ccccc12. The van der Waals surface area contributed by atoms with Gasteiger partial charge >= 0.3 is 0 Å². The Morgan fingerprint density at radius 3 is 2.35 bits per heavy atom. The van der Waals surface area contributed by atoms with E-state index in [4.69, 9.17) is 11.6 Å². The van der Waals surface area contributed by atoms with Crippen LogP contribution in [-0.4, -0.2) is 0 Å². The van der Waals surface area contributed by atoms with Crippen molar-refractivity contribution in [3.05, 3.63) is 81.8 Å². The number of fused-ring (bicyclic) bond motifs is 1. The van der Waals surface area contributed by atoms with Gasteiger partial charge in [-0.1, -0.05) is 70.5 Å². The fourth-order valence-electron chi connectivity index (χ4n) is 2.54. The molecule has 3 aromatic rings. The topological polar surface area (TPSA) is 0 Å². The molecule has 1 unspecified atom stereocenters. The van der Waals surface area contributed by atoms with Crippen molar-refractivity contribution in [2.45, 2.75) is 12.3 Å². The molecule has 0 aliphatic rings. The van der Waals surface area contributed by atoms with Gasteiger partial charge in [-0.2, -0.15) is 0 Å². The quantitative estimate of drug-likeness (QED) is 0.482. The van der Waals surface area contributed by atoms with E-state index in [-0.39, 0.29) is 5.38 Å². The minimum absolute atomic E-state index is 0.140. The summed E-state index contributed by atoms with van der Waals surface area (Å²) in [6.07, 6.45) is 0. The van der Waals surface area contributed by atoms with Crippen molar-refractivity contribution >= 4 is 38.3 Å². The minimum Gasteiger partial charge on any atom is -0.113 e. The van der Waals surface area contributed by atoms with Gasteiger partial charge in [0.2, 0.25) is 0 Å². The van der Waals surface area contributed by atoms with Crippen molar-refractivity contribution in [3.63, 3.8) is 0 Å². The summed E-state index contributed by atoms with van der Waals surface area (Å²) >= 11 is 10.3. The third kappa shape index (κ3) is 2.36. The first-order chi connectivity index (χ1) is 9.68. The smallest absolute Gasteiger partial charge is 0.0844 e. The van der Waals surface area contributed by atoms with E-state index in [1.165, 1.54) is 16.3 Å². The van der Waals surface area contributed by atoms with E-state index in [0.717, 1.165) is 15.6 Å². The maximum Gasteiger partial charge on any atom is 0.0844 e. The Balaban J connectivity index is 2.18. The van der Waals surface area contributed by atoms with Crippen LogP contribution in [0.1, 0.15) is 22.1 Å². The summed E-state index contributed by atoms with van der Waals surface area (Å²) in [6, 6.07) is 20.8. The van der Waals surface area contributed by atoms with Crippen LogP contribution in [0.3, 0.4) is 0 Å². The van der Waals surface area contributed by atoms with Gasteiger partial charge in [0.1, 0.15) is 0 Å². The average Bonchev–Trinajstić information content (AvgIpc) is 2.49. The van der Waals surface area contributed by atoms with E-state index in [2.05, 4.69) is 71.4 Å². The molecule has 0 fully saturated rings. The zero-order valence-electron chi connectivity index (χ0n) is 11.1. The molecule has 2 heteroatoms. The standard InChI is InChI=1S/C18H14BrCl/c1-12-14(9-5-11-17(12)19)18(20)16-10-4-7-13-6-2-3-8-15(13)16/h2-11,18H,1H3. The molecule has 0 saturated heterocycles. The first kappa shape index (κ1) is 13.7. The summed E-state index contributed by atoms with van der Waals surface area (Å²) in [6.45, 7) is 2.10. The molecule has 0 spiro atoms. The predicted octanol–water partition coefficient (Wildman–Crippen LogP) is 6.24. The third-order valence-electron chi connectivity index (χ3n) is 3.68. The molecule has 0 amide bonds. The van der Waals surface area contributed by atoms with Crippen molar-refractivity contribution in [1.29, 1.82) is 0 Å². The Kier molecular flexibility index (Phi) is 3.82. The molecule has 100 valence electrons. The Bertz CT molecular complexity index is 759. The molecule has 0 nitrogen and oxygen atoms in total. The zero-order valence-corrected chi connectivity index (χ0v) is 13.4. The molecule has 0 bridgehead atoms. The van der Waals surface area contributed by atoms with Gasteiger partial charge in [0.05, 0.1) is 5.38 Å². The van der Waals surface area contributed by atoms with E-state index in [9.17, 15) is 0 Å². The fourth-order valence-corrected chi connectivity index (χ4v) is 3.35. The number of hydrogen-bond acceptors (Lipinski definition) is 0. The monoisotopic (exact) mass is 344 g/mol. The van der Waals surface area contributed by atoms with Crippen molar-refractivity contribution in [2.75, 3.05) is 0 Å². The van der Waals surface area contributed by atoms with Gasteiger partial charge in [-0.15, -0.1) is 11.6 Å². The molecular weight excluding hydrogens is 332 g/mol. The Labute approximate surface area is 132 Å². The highest BCUT2D eigenvalue weighted by atomic mass is 79.9. The van der Waals surface area contributed by atoms with Gasteiger partial charge in [0.15, 0.2) is 0 Å². The second kappa shape index (κ2) is 5.59. The first-order valence-electron chi connectivity index (χ1n) is 6.55. The molecule has 0 saturated carbocycles. The van der Waals surface area contributed by atoms with Crippen LogP contribution in [0, 0.1) is 6.92 Å². The summed E-state index contributed by atoms with van der Waals surface area (Å²) in [5.41, 5.74) is 3.50. The van der Waals surface area contributed by atoms with Crippen LogP contribution in [0.2, 0.25) is 0 Å². The highest BCUT2D eigenvalue weighted by Crippen LogP contribution is 2.36. The van der Waals surface area contributed by atoms with Crippen LogP contribution in [-0.2, 0) is 0 Å². The van der Waals surface area contributed by atoms with Gasteiger partial charge in [-0.3, -0.25) is 0 Å². The van der Waals surface area contributed by atoms with Gasteiger partial charge in [-0.25, -0.2) is 0 Å². The maximum absolute atomic E-state index is 6.77. The normalized spacial score (nSPS) is 12.6. The van der Waals surface area contributed by atoms with Crippen LogP contribution >= 0.6 is 27.5 Å². The maximum atomic E-state index is 6.77. The molecule has 3 aromatic carbocycles. The lowest BCUT2D eigenvalue weighted by Gasteiger charge is -2.16. The largest absolute Gasteiger partial charge is 0.113 e. The van der Waals surface area contributed by atoms with Crippen molar-refractivity contribution < 1.29 is 0 Å². The van der Waals surface area contributed by atoms with E-state index >= 15 is 0 Å². The summed E-state index contributed by atoms with van der Waals surface area (Å²) in [5, 5.41) is 2.30. The average molecular weight is 346 g/mol. The second-order valence-electron chi connectivity index (χ2n) is 4.88. The Morgan fingerprint density at radius 1 is 0.850 bits per heavy atom. The first-order valence-corrected chi connectivity index (χ1v) is 7.78. The van der Waals surface area contributed by atoms with Crippen molar-refractivity contribution in [1.82, 2.24) is 0 Å². The summed E-state index contributed by atoms with van der Waals surface area (Å²) in [7, 11) is 0. The second-order valence-corrected chi connectivity index (χ2v) is 6.18. The van der Waals surface area contributed by atoms with Crippen molar-refractivity contribution in [3.8, 4) is 0 Å². The minimum atomic E-state index is -0.140. The lowest BCUT2D eigenvalue weighted by molar-refractivity contribution is 1.12. The molecule has 0 aliphatic carbocycles. The molecule has 20 heavy (non-hydrogen) atoms. The van der Waals surface area contributed by atoms with Gasteiger partial charge in [-0.05, 0) is 40.5 Å². The number of alkyl halides is 1. The van der Waals surface area contributed by atoms with Gasteiger partial charge in [0, 0.05) is 4.47 Å². The predicted molar refractivity (Wildman–Crippen MR) is 90.5 cm³/mol. The lowest BCUT2D eigenvalue weighted by atomic mass is 9.96. The number of hydrogen-bond donors (Lipinski definition) is 0. The van der Waals surface area contributed by atoms with Crippen LogP contribution in [0.15, 0.2) is 65.1 Å². The number of halogens is 2. The molecule has 0 aliphatic heterocycles. The van der Waals surface area contributed by atoms with Crippen molar-refractivity contribution in [2.24, 2.45) is 0 Å². The molecular formula is C18H14BrCl. The zero-order chi connectivity index (χ0) is 14.1. The van der Waals surface area contributed by atoms with E-state index in [1.54, 1.807) is 0 Å². The van der Waals surface area contributed by atoms with Crippen LogP contribution < -0.4 is 0 Å². The number of benzene rings is 3. The van der Waals surface area contributed by atoms with E-state index in [1.807, 2.05) is 12.1 Å². The Morgan fingerprint density at radius 2 is 1.50 bits per heavy atom. The third-order valence-corrected chi connectivity index (χ3v) is 5.01. The highest BCUT2D eigenvalue weighted by Gasteiger charge is 2.16. The number of rotatable bonds is 2. The van der Waals surface area contributed by atoms with Gasteiger partial charge in [0.25, 0.3) is 0 Å². The molecule has 1 atom stereocenters. The van der Waals surface area contributed by atoms with Crippen LogP contribution in [0.25, 0.3) is 10.8 Å². The molecule has 0 heterocycles. The summed E-state index contributed by atoms with van der Waals surface area (Å²) in [4.78, 5) is 0. The summed E-state index contributed by atoms with van der Waals surface area (Å²) < 4.78 is 1.10. The highest BCUT2D eigenvalue weighted by molar-refractivity contribution is 9.10. The van der Waals surface area contributed by atoms with E-state index < -0.39 is 0 Å². The van der Waals surface area contributed by atoms with Crippen LogP contribution in [0.5, 0.6) is 0 Å². The van der Waals surface area contributed by atoms with Crippen LogP contribution in [0.4, 0.5) is 0 Å². The Hall–Kier alpha value is -1.31. The molecule has 0 aromatic heterocycles. The summed E-state index contributed by atoms with van der Waals surface area (Å²) in [5.74, 6) is 0. The van der Waals surface area contributed by atoms with E-state index in [0.29, 0.717) is 0 Å². The molecule has 0 N–H and O–H groups in total. The fraction of sp³-hybridized carbons (Fsp3) is 0.111. The van der Waals surface area contributed by atoms with Gasteiger partial charge < -0.3 is 0 Å².